The van der Waals surface area contributed by atoms with Gasteiger partial charge in [-0.25, -0.2) is 0 Å². The summed E-state index contributed by atoms with van der Waals surface area (Å²) in [6.07, 6.45) is 2.90. The lowest BCUT2D eigenvalue weighted by Gasteiger charge is -2.25. The van der Waals surface area contributed by atoms with Crippen LogP contribution < -0.4 is 5.32 Å². The van der Waals surface area contributed by atoms with Gasteiger partial charge >= 0.3 is 0 Å². The van der Waals surface area contributed by atoms with Crippen molar-refractivity contribution in [3.63, 3.8) is 0 Å². The number of anilines is 1. The number of hydrogen-bond acceptors (Lipinski definition) is 5. The molecule has 7 heteroatoms. The lowest BCUT2D eigenvalue weighted by atomic mass is 9.88. The number of rotatable bonds is 5. The van der Waals surface area contributed by atoms with Gasteiger partial charge in [-0.3, -0.25) is 19.3 Å². The molecule has 3 aromatic rings. The van der Waals surface area contributed by atoms with Crippen molar-refractivity contribution < 1.29 is 14.4 Å². The second kappa shape index (κ2) is 8.88. The fraction of sp³-hybridized carbons (Fsp3) is 0.259. The number of fused-ring (bicyclic) bond motifs is 2. The Labute approximate surface area is 201 Å². The quantitative estimate of drug-likeness (QED) is 0.554. The fourth-order valence-electron chi connectivity index (χ4n) is 4.78. The number of benzene rings is 2. The topological polar surface area (TPSA) is 90.3 Å². The molecule has 0 fully saturated rings. The van der Waals surface area contributed by atoms with Crippen LogP contribution in [0, 0.1) is 17.2 Å². The standard InChI is InChI=1S/C27H23N3O3S/c1-16-11-12-18-21(15-28)25(34-23(18)13-16)29-24(31)22(14-17-7-3-2-4-8-17)30-26(32)19-9-5-6-10-20(19)27(30)33/h2-10,16,22H,11-14H2,1H3,(H,29,31)/t16-,22-/m0/s1. The average molecular weight is 470 g/mol. The third-order valence-corrected chi connectivity index (χ3v) is 7.74. The van der Waals surface area contributed by atoms with E-state index in [1.54, 1.807) is 24.3 Å². The van der Waals surface area contributed by atoms with E-state index >= 15 is 0 Å². The van der Waals surface area contributed by atoms with Crippen molar-refractivity contribution in [1.82, 2.24) is 4.90 Å². The van der Waals surface area contributed by atoms with Gasteiger partial charge < -0.3 is 5.32 Å². The highest BCUT2D eigenvalue weighted by Crippen LogP contribution is 2.39. The molecule has 0 saturated heterocycles. The molecule has 170 valence electrons. The lowest BCUT2D eigenvalue weighted by molar-refractivity contribution is -0.119. The van der Waals surface area contributed by atoms with Gasteiger partial charge in [0.1, 0.15) is 17.1 Å². The summed E-state index contributed by atoms with van der Waals surface area (Å²) in [5.41, 5.74) is 2.95. The van der Waals surface area contributed by atoms with Crippen molar-refractivity contribution in [3.8, 4) is 6.07 Å². The van der Waals surface area contributed by atoms with Crippen molar-refractivity contribution in [2.24, 2.45) is 5.92 Å². The van der Waals surface area contributed by atoms with E-state index < -0.39 is 23.8 Å². The Balaban J connectivity index is 1.50. The summed E-state index contributed by atoms with van der Waals surface area (Å²) in [7, 11) is 0. The molecule has 1 aliphatic heterocycles. The maximum Gasteiger partial charge on any atom is 0.262 e. The van der Waals surface area contributed by atoms with Gasteiger partial charge in [-0.2, -0.15) is 5.26 Å². The number of carbonyl (C=O) groups is 3. The molecule has 6 nitrogen and oxygen atoms in total. The molecule has 2 atom stereocenters. The van der Waals surface area contributed by atoms with E-state index in [0.717, 1.165) is 40.2 Å². The number of nitrogens with one attached hydrogen (secondary N) is 1. The number of thiophene rings is 1. The molecular weight excluding hydrogens is 446 g/mol. The third-order valence-electron chi connectivity index (χ3n) is 6.57. The highest BCUT2D eigenvalue weighted by atomic mass is 32.1. The van der Waals surface area contributed by atoms with Gasteiger partial charge in [0.2, 0.25) is 5.91 Å². The molecule has 0 spiro atoms. The molecule has 3 amide bonds. The van der Waals surface area contributed by atoms with Crippen LogP contribution in [0.4, 0.5) is 5.00 Å². The molecule has 5 rings (SSSR count). The Hall–Kier alpha value is -3.76. The maximum atomic E-state index is 13.6. The van der Waals surface area contributed by atoms with Gasteiger partial charge in [0.15, 0.2) is 0 Å². The number of carbonyl (C=O) groups excluding carboxylic acids is 3. The summed E-state index contributed by atoms with van der Waals surface area (Å²) in [5.74, 6) is -0.889. The first kappa shape index (κ1) is 22.1. The second-order valence-corrected chi connectivity index (χ2v) is 9.99. The highest BCUT2D eigenvalue weighted by molar-refractivity contribution is 7.16. The number of hydrogen-bond donors (Lipinski definition) is 1. The van der Waals surface area contributed by atoms with Gasteiger partial charge in [-0.05, 0) is 48.4 Å². The highest BCUT2D eigenvalue weighted by Gasteiger charge is 2.43. The van der Waals surface area contributed by atoms with Crippen LogP contribution in [0.1, 0.15) is 55.6 Å². The number of nitrogens with zero attached hydrogens (tertiary/aromatic N) is 2. The smallest absolute Gasteiger partial charge is 0.262 e. The molecule has 0 radical (unpaired) electrons. The normalized spacial score (nSPS) is 17.6. The molecule has 2 aromatic carbocycles. The van der Waals surface area contributed by atoms with Crippen LogP contribution in [0.2, 0.25) is 0 Å². The molecule has 0 saturated carbocycles. The predicted octanol–water partition coefficient (Wildman–Crippen LogP) is 4.59. The van der Waals surface area contributed by atoms with Crippen LogP contribution in [-0.2, 0) is 24.1 Å². The Kier molecular flexibility index (Phi) is 5.76. The van der Waals surface area contributed by atoms with Gasteiger partial charge in [0.05, 0.1) is 16.7 Å². The largest absolute Gasteiger partial charge is 0.315 e. The molecule has 2 heterocycles. The first-order valence-electron chi connectivity index (χ1n) is 11.3. The Morgan fingerprint density at radius 3 is 2.41 bits per heavy atom. The van der Waals surface area contributed by atoms with E-state index in [-0.39, 0.29) is 6.42 Å². The molecule has 1 aliphatic carbocycles. The van der Waals surface area contributed by atoms with Gasteiger partial charge in [0.25, 0.3) is 11.8 Å². The Morgan fingerprint density at radius 1 is 1.12 bits per heavy atom. The van der Waals surface area contributed by atoms with E-state index in [4.69, 9.17) is 0 Å². The Bertz CT molecular complexity index is 1300. The zero-order valence-corrected chi connectivity index (χ0v) is 19.5. The molecular formula is C27H23N3O3S. The SMILES string of the molecule is C[C@H]1CCc2c(sc(NC(=O)[C@H](Cc3ccccc3)N3C(=O)c4ccccc4C3=O)c2C#N)C1. The van der Waals surface area contributed by atoms with Crippen molar-refractivity contribution in [3.05, 3.63) is 87.3 Å². The Morgan fingerprint density at radius 2 is 1.76 bits per heavy atom. The minimum absolute atomic E-state index is 0.183. The molecule has 1 N–H and O–H groups in total. The van der Waals surface area contributed by atoms with Gasteiger partial charge in [-0.15, -0.1) is 11.3 Å². The van der Waals surface area contributed by atoms with Crippen LogP contribution in [-0.4, -0.2) is 28.7 Å². The van der Waals surface area contributed by atoms with E-state index in [9.17, 15) is 19.6 Å². The van der Waals surface area contributed by atoms with Crippen LogP contribution in [0.3, 0.4) is 0 Å². The lowest BCUT2D eigenvalue weighted by Crippen LogP contribution is -2.48. The van der Waals surface area contributed by atoms with Crippen LogP contribution in [0.25, 0.3) is 0 Å². The van der Waals surface area contributed by atoms with Crippen LogP contribution in [0.5, 0.6) is 0 Å². The summed E-state index contributed by atoms with van der Waals surface area (Å²) < 4.78 is 0. The fourth-order valence-corrected chi connectivity index (χ4v) is 6.15. The van der Waals surface area contributed by atoms with Crippen LogP contribution >= 0.6 is 11.3 Å². The molecule has 2 aliphatic rings. The summed E-state index contributed by atoms with van der Waals surface area (Å²) in [4.78, 5) is 42.2. The van der Waals surface area contributed by atoms with E-state index in [1.165, 1.54) is 11.3 Å². The molecule has 34 heavy (non-hydrogen) atoms. The van der Waals surface area contributed by atoms with Crippen molar-refractivity contribution in [2.75, 3.05) is 5.32 Å². The van der Waals surface area contributed by atoms with E-state index in [2.05, 4.69) is 18.3 Å². The predicted molar refractivity (Wildman–Crippen MR) is 130 cm³/mol. The third kappa shape index (κ3) is 3.80. The van der Waals surface area contributed by atoms with E-state index in [1.807, 2.05) is 30.3 Å². The van der Waals surface area contributed by atoms with Crippen molar-refractivity contribution in [2.45, 2.75) is 38.6 Å². The first-order chi connectivity index (χ1) is 16.5. The zero-order chi connectivity index (χ0) is 23.8. The van der Waals surface area contributed by atoms with Gasteiger partial charge in [-0.1, -0.05) is 49.4 Å². The zero-order valence-electron chi connectivity index (χ0n) is 18.7. The summed E-state index contributed by atoms with van der Waals surface area (Å²) >= 11 is 1.43. The van der Waals surface area contributed by atoms with Crippen molar-refractivity contribution >= 4 is 34.1 Å². The second-order valence-electron chi connectivity index (χ2n) is 8.89. The summed E-state index contributed by atoms with van der Waals surface area (Å²) in [6.45, 7) is 2.19. The first-order valence-corrected chi connectivity index (χ1v) is 12.2. The number of imide groups is 1. The average Bonchev–Trinajstić information content (AvgIpc) is 3.31. The van der Waals surface area contributed by atoms with Crippen molar-refractivity contribution in [1.29, 1.82) is 5.26 Å². The minimum Gasteiger partial charge on any atom is -0.315 e. The summed E-state index contributed by atoms with van der Waals surface area (Å²) in [5, 5.41) is 13.2. The monoisotopic (exact) mass is 469 g/mol. The molecule has 0 bridgehead atoms. The summed E-state index contributed by atoms with van der Waals surface area (Å²) in [6, 6.07) is 17.2. The number of amides is 3. The molecule has 0 unspecified atom stereocenters. The number of nitriles is 1. The molecule has 1 aromatic heterocycles. The van der Waals surface area contributed by atoms with E-state index in [0.29, 0.717) is 27.6 Å². The van der Waals surface area contributed by atoms with Crippen LogP contribution in [0.15, 0.2) is 54.6 Å². The minimum atomic E-state index is -1.04. The maximum absolute atomic E-state index is 13.6. The van der Waals surface area contributed by atoms with Gasteiger partial charge in [0, 0.05) is 11.3 Å².